The molecular weight excluding hydrogens is 356 g/mol. The molecule has 1 fully saturated rings. The molecule has 24 heavy (non-hydrogen) atoms. The number of nitrogens with one attached hydrogen (secondary N) is 1. The van der Waals surface area contributed by atoms with Crippen molar-refractivity contribution in [2.45, 2.75) is 30.6 Å². The molecule has 5 atom stereocenters. The lowest BCUT2D eigenvalue weighted by Gasteiger charge is -2.40. The van der Waals surface area contributed by atoms with E-state index >= 15 is 0 Å². The predicted molar refractivity (Wildman–Crippen MR) is 87.3 cm³/mol. The molecule has 2 aromatic rings. The van der Waals surface area contributed by atoms with E-state index in [-0.39, 0.29) is 5.78 Å². The second kappa shape index (κ2) is 7.23. The lowest BCUT2D eigenvalue weighted by atomic mass is 9.98. The highest BCUT2D eigenvalue weighted by Crippen LogP contribution is 2.26. The number of carbonyl (C=O) groups excluding carboxylic acids is 1. The maximum absolute atomic E-state index is 12.2. The van der Waals surface area contributed by atoms with E-state index in [4.69, 9.17) is 9.84 Å². The molecule has 1 aliphatic heterocycles. The molecule has 0 unspecified atom stereocenters. The summed E-state index contributed by atoms with van der Waals surface area (Å²) in [6.45, 7) is -0.511. The van der Waals surface area contributed by atoms with Crippen molar-refractivity contribution in [3.05, 3.63) is 33.5 Å². The van der Waals surface area contributed by atoms with E-state index in [0.29, 0.717) is 15.6 Å². The molecule has 10 heteroatoms. The van der Waals surface area contributed by atoms with Crippen molar-refractivity contribution in [3.8, 4) is 0 Å². The summed E-state index contributed by atoms with van der Waals surface area (Å²) in [7, 11) is 0. The number of nitrogens with zero attached hydrogens (tertiary/aromatic N) is 1. The van der Waals surface area contributed by atoms with Gasteiger partial charge in [0.1, 0.15) is 24.4 Å². The van der Waals surface area contributed by atoms with Gasteiger partial charge in [0.2, 0.25) is 5.78 Å². The van der Waals surface area contributed by atoms with Crippen LogP contribution in [0.2, 0.25) is 0 Å². The Labute approximate surface area is 145 Å². The Bertz CT molecular complexity index is 689. The monoisotopic (exact) mass is 372 g/mol. The average Bonchev–Trinajstić information content (AvgIpc) is 3.26. The van der Waals surface area contributed by atoms with E-state index in [1.165, 1.54) is 17.5 Å². The van der Waals surface area contributed by atoms with Gasteiger partial charge in [0, 0.05) is 10.9 Å². The first-order chi connectivity index (χ1) is 11.5. The third-order valence-corrected chi connectivity index (χ3v) is 5.28. The number of carbonyl (C=O) groups is 1. The summed E-state index contributed by atoms with van der Waals surface area (Å²) >= 11 is 2.50. The van der Waals surface area contributed by atoms with E-state index in [1.54, 1.807) is 16.8 Å². The van der Waals surface area contributed by atoms with Gasteiger partial charge in [-0.3, -0.25) is 4.79 Å². The fraction of sp³-hybridized carbons (Fsp3) is 0.429. The first kappa shape index (κ1) is 17.4. The Kier molecular flexibility index (Phi) is 5.25. The normalized spacial score (nSPS) is 30.2. The second-order valence-electron chi connectivity index (χ2n) is 5.26. The van der Waals surface area contributed by atoms with Crippen molar-refractivity contribution in [1.29, 1.82) is 0 Å². The molecule has 0 spiro atoms. The molecule has 3 heterocycles. The molecule has 130 valence electrons. The number of rotatable bonds is 5. The summed E-state index contributed by atoms with van der Waals surface area (Å²) in [4.78, 5) is 16.7. The topological polar surface area (TPSA) is 132 Å². The highest BCUT2D eigenvalue weighted by atomic mass is 32.1. The number of hydrogen-bond donors (Lipinski definition) is 5. The summed E-state index contributed by atoms with van der Waals surface area (Å²) in [5.41, 5.74) is 0.572. The van der Waals surface area contributed by atoms with Crippen LogP contribution >= 0.6 is 22.7 Å². The summed E-state index contributed by atoms with van der Waals surface area (Å²) in [5, 5.41) is 45.3. The molecule has 1 aliphatic rings. The zero-order valence-corrected chi connectivity index (χ0v) is 13.9. The first-order valence-electron chi connectivity index (χ1n) is 7.11. The minimum Gasteiger partial charge on any atom is -0.394 e. The van der Waals surface area contributed by atoms with Gasteiger partial charge < -0.3 is 30.5 Å². The van der Waals surface area contributed by atoms with E-state index in [1.807, 2.05) is 0 Å². The van der Waals surface area contributed by atoms with Crippen molar-refractivity contribution in [1.82, 2.24) is 4.98 Å². The molecule has 0 radical (unpaired) electrons. The SMILES string of the molecule is O=C(c1ccsc1)c1cnc(N[C@@H]2O[C@H](CO)[C@@H](O)[C@H](O)[C@@H]2O)s1. The molecule has 0 aliphatic carbocycles. The van der Waals surface area contributed by atoms with Crippen LogP contribution in [0.15, 0.2) is 23.0 Å². The van der Waals surface area contributed by atoms with E-state index in [2.05, 4.69) is 10.3 Å². The van der Waals surface area contributed by atoms with Gasteiger partial charge in [0.25, 0.3) is 0 Å². The molecule has 1 saturated heterocycles. The zero-order chi connectivity index (χ0) is 17.3. The van der Waals surface area contributed by atoms with E-state index in [9.17, 15) is 20.1 Å². The largest absolute Gasteiger partial charge is 0.394 e. The fourth-order valence-corrected chi connectivity index (χ4v) is 3.76. The van der Waals surface area contributed by atoms with Gasteiger partial charge in [0.15, 0.2) is 11.4 Å². The van der Waals surface area contributed by atoms with Crippen LogP contribution < -0.4 is 5.32 Å². The molecule has 5 N–H and O–H groups in total. The lowest BCUT2D eigenvalue weighted by Crippen LogP contribution is -2.60. The fourth-order valence-electron chi connectivity index (χ4n) is 2.32. The number of anilines is 1. The molecule has 0 amide bonds. The van der Waals surface area contributed by atoms with Crippen molar-refractivity contribution in [2.24, 2.45) is 0 Å². The number of aliphatic hydroxyl groups excluding tert-OH is 4. The number of aliphatic hydroxyl groups is 4. The molecule has 0 bridgehead atoms. The van der Waals surface area contributed by atoms with Crippen LogP contribution in [0.25, 0.3) is 0 Å². The van der Waals surface area contributed by atoms with Gasteiger partial charge in [-0.25, -0.2) is 4.98 Å². The Morgan fingerprint density at radius 3 is 2.75 bits per heavy atom. The van der Waals surface area contributed by atoms with Gasteiger partial charge in [0.05, 0.1) is 17.7 Å². The number of aromatic nitrogens is 1. The van der Waals surface area contributed by atoms with Crippen molar-refractivity contribution >= 4 is 33.6 Å². The van der Waals surface area contributed by atoms with Crippen molar-refractivity contribution < 1.29 is 30.0 Å². The van der Waals surface area contributed by atoms with Gasteiger partial charge in [-0.1, -0.05) is 11.3 Å². The number of thiophene rings is 1. The molecule has 8 nitrogen and oxygen atoms in total. The van der Waals surface area contributed by atoms with Gasteiger partial charge in [-0.15, -0.1) is 0 Å². The number of ether oxygens (including phenoxy) is 1. The highest BCUT2D eigenvalue weighted by Gasteiger charge is 2.43. The Balaban J connectivity index is 1.71. The molecule has 2 aromatic heterocycles. The van der Waals surface area contributed by atoms with Gasteiger partial charge in [-0.05, 0) is 11.4 Å². The van der Waals surface area contributed by atoms with Crippen molar-refractivity contribution in [2.75, 3.05) is 11.9 Å². The maximum Gasteiger partial charge on any atom is 0.205 e. The summed E-state index contributed by atoms with van der Waals surface area (Å²) < 4.78 is 5.34. The molecular formula is C14H16N2O6S2. The number of hydrogen-bond acceptors (Lipinski definition) is 10. The Morgan fingerprint density at radius 2 is 2.08 bits per heavy atom. The average molecular weight is 372 g/mol. The molecule has 3 rings (SSSR count). The third kappa shape index (κ3) is 3.35. The van der Waals surface area contributed by atoms with Crippen LogP contribution in [0.3, 0.4) is 0 Å². The van der Waals surface area contributed by atoms with Gasteiger partial charge >= 0.3 is 0 Å². The summed E-state index contributed by atoms with van der Waals surface area (Å²) in [6.07, 6.45) is -4.97. The second-order valence-corrected chi connectivity index (χ2v) is 7.08. The number of thiazole rings is 1. The van der Waals surface area contributed by atoms with Gasteiger partial charge in [-0.2, -0.15) is 11.3 Å². The summed E-state index contributed by atoms with van der Waals surface area (Å²) in [6, 6.07) is 1.72. The lowest BCUT2D eigenvalue weighted by molar-refractivity contribution is -0.221. The zero-order valence-electron chi connectivity index (χ0n) is 12.3. The Hall–Kier alpha value is -1.40. The van der Waals surface area contributed by atoms with Crippen molar-refractivity contribution in [3.63, 3.8) is 0 Å². The van der Waals surface area contributed by atoms with Crippen LogP contribution in [-0.4, -0.2) is 68.4 Å². The Morgan fingerprint density at radius 1 is 1.29 bits per heavy atom. The van der Waals surface area contributed by atoms with Crippen LogP contribution in [-0.2, 0) is 4.74 Å². The molecule has 0 saturated carbocycles. The first-order valence-corrected chi connectivity index (χ1v) is 8.87. The van der Waals surface area contributed by atoms with Crippen LogP contribution in [0.4, 0.5) is 5.13 Å². The third-order valence-electron chi connectivity index (χ3n) is 3.67. The van der Waals surface area contributed by atoms with Crippen LogP contribution in [0.1, 0.15) is 15.2 Å². The smallest absolute Gasteiger partial charge is 0.205 e. The summed E-state index contributed by atoms with van der Waals surface area (Å²) in [5.74, 6) is -0.157. The highest BCUT2D eigenvalue weighted by molar-refractivity contribution is 7.17. The minimum atomic E-state index is -1.47. The van der Waals surface area contributed by atoms with Crippen LogP contribution in [0.5, 0.6) is 0 Å². The maximum atomic E-state index is 12.2. The standard InChI is InChI=1S/C14H16N2O6S2/c17-4-7-10(19)11(20)12(21)13(22-7)16-14-15-3-8(24-14)9(18)6-1-2-23-5-6/h1-3,5,7,10-13,17,19-21H,4H2,(H,15,16)/t7-,10-,11+,12+,13-/m1/s1. The predicted octanol–water partition coefficient (Wildman–Crippen LogP) is -0.353. The quantitative estimate of drug-likeness (QED) is 0.450. The minimum absolute atomic E-state index is 0.157. The molecule has 0 aromatic carbocycles. The number of ketones is 1. The van der Waals surface area contributed by atoms with Crippen LogP contribution in [0, 0.1) is 0 Å². The van der Waals surface area contributed by atoms with E-state index in [0.717, 1.165) is 11.3 Å². The van der Waals surface area contributed by atoms with E-state index < -0.39 is 37.3 Å².